The van der Waals surface area contributed by atoms with Crippen LogP contribution in [0.2, 0.25) is 0 Å². The van der Waals surface area contributed by atoms with E-state index in [1.54, 1.807) is 6.07 Å². The molecule has 0 aliphatic carbocycles. The van der Waals surface area contributed by atoms with E-state index in [0.29, 0.717) is 5.69 Å². The molecule has 1 aromatic heterocycles. The molecule has 3 aromatic rings. The van der Waals surface area contributed by atoms with E-state index in [-0.39, 0.29) is 24.1 Å². The highest BCUT2D eigenvalue weighted by molar-refractivity contribution is 5.76. The van der Waals surface area contributed by atoms with Crippen LogP contribution in [0, 0.1) is 0 Å². The van der Waals surface area contributed by atoms with Crippen LogP contribution >= 0.6 is 0 Å². The molecule has 0 fully saturated rings. The molecule has 0 bridgehead atoms. The van der Waals surface area contributed by atoms with E-state index in [9.17, 15) is 9.59 Å². The maximum absolute atomic E-state index is 12.3. The van der Waals surface area contributed by atoms with Crippen molar-refractivity contribution < 1.29 is 4.79 Å². The Morgan fingerprint density at radius 2 is 1.67 bits per heavy atom. The second-order valence-corrected chi connectivity index (χ2v) is 6.57. The summed E-state index contributed by atoms with van der Waals surface area (Å²) in [6.07, 6.45) is 1.73. The molecule has 0 aliphatic heterocycles. The molecule has 1 heterocycles. The maximum Gasteiger partial charge on any atom is 0.267 e. The summed E-state index contributed by atoms with van der Waals surface area (Å²) in [5.41, 5.74) is 2.52. The van der Waals surface area contributed by atoms with Crippen molar-refractivity contribution in [1.82, 2.24) is 15.1 Å². The predicted molar refractivity (Wildman–Crippen MR) is 106 cm³/mol. The molecule has 0 radical (unpaired) electrons. The molecule has 138 valence electrons. The van der Waals surface area contributed by atoms with Crippen molar-refractivity contribution >= 4 is 5.91 Å². The van der Waals surface area contributed by atoms with Crippen LogP contribution in [-0.4, -0.2) is 21.7 Å². The van der Waals surface area contributed by atoms with Crippen molar-refractivity contribution in [2.24, 2.45) is 0 Å². The van der Waals surface area contributed by atoms with Crippen molar-refractivity contribution in [3.63, 3.8) is 0 Å². The highest BCUT2D eigenvalue weighted by Crippen LogP contribution is 2.13. The van der Waals surface area contributed by atoms with Crippen molar-refractivity contribution in [3.8, 4) is 11.3 Å². The minimum Gasteiger partial charge on any atom is -0.352 e. The van der Waals surface area contributed by atoms with Crippen LogP contribution in [0.15, 0.2) is 77.6 Å². The number of nitrogens with one attached hydrogen (secondary N) is 1. The standard InChI is InChI=1S/C22H23N3O2/c1-17(12-13-18-8-4-2-5-9-18)23-21(26)16-25-22(27)15-14-20(24-25)19-10-6-3-7-11-19/h2-11,14-15,17H,12-13,16H2,1H3,(H,23,26)/t17-/m1/s1. The summed E-state index contributed by atoms with van der Waals surface area (Å²) in [5.74, 6) is -0.213. The number of carbonyl (C=O) groups excluding carboxylic acids is 1. The van der Waals surface area contributed by atoms with Gasteiger partial charge >= 0.3 is 0 Å². The van der Waals surface area contributed by atoms with Crippen LogP contribution in [0.3, 0.4) is 0 Å². The number of carbonyl (C=O) groups is 1. The molecule has 1 N–H and O–H groups in total. The molecule has 1 atom stereocenters. The number of aryl methyl sites for hydroxylation is 1. The van der Waals surface area contributed by atoms with Crippen LogP contribution < -0.4 is 10.9 Å². The van der Waals surface area contributed by atoms with Gasteiger partial charge in [0, 0.05) is 17.7 Å². The molecular weight excluding hydrogens is 338 g/mol. The molecule has 0 aliphatic rings. The lowest BCUT2D eigenvalue weighted by Gasteiger charge is -2.14. The normalized spacial score (nSPS) is 11.7. The third-order valence-corrected chi connectivity index (χ3v) is 4.35. The molecule has 5 heteroatoms. The third kappa shape index (κ3) is 5.38. The van der Waals surface area contributed by atoms with E-state index in [1.165, 1.54) is 16.3 Å². The Labute approximate surface area is 158 Å². The van der Waals surface area contributed by atoms with Gasteiger partial charge in [0.15, 0.2) is 0 Å². The molecule has 2 aromatic carbocycles. The SMILES string of the molecule is C[C@H](CCc1ccccc1)NC(=O)Cn1nc(-c2ccccc2)ccc1=O. The summed E-state index contributed by atoms with van der Waals surface area (Å²) < 4.78 is 1.21. The van der Waals surface area contributed by atoms with Gasteiger partial charge in [-0.05, 0) is 31.4 Å². The summed E-state index contributed by atoms with van der Waals surface area (Å²) in [6.45, 7) is 1.88. The van der Waals surface area contributed by atoms with E-state index in [0.717, 1.165) is 18.4 Å². The zero-order valence-corrected chi connectivity index (χ0v) is 15.3. The zero-order valence-electron chi connectivity index (χ0n) is 15.3. The minimum atomic E-state index is -0.290. The molecule has 0 unspecified atom stereocenters. The maximum atomic E-state index is 12.3. The Bertz CT molecular complexity index is 937. The number of hydrogen-bond donors (Lipinski definition) is 1. The topological polar surface area (TPSA) is 64.0 Å². The summed E-state index contributed by atoms with van der Waals surface area (Å²) >= 11 is 0. The molecule has 0 spiro atoms. The highest BCUT2D eigenvalue weighted by Gasteiger charge is 2.11. The molecule has 1 amide bonds. The van der Waals surface area contributed by atoms with Crippen LogP contribution in [-0.2, 0) is 17.8 Å². The fraction of sp³-hybridized carbons (Fsp3) is 0.227. The van der Waals surface area contributed by atoms with Gasteiger partial charge in [-0.1, -0.05) is 60.7 Å². The van der Waals surface area contributed by atoms with Gasteiger partial charge < -0.3 is 5.32 Å². The lowest BCUT2D eigenvalue weighted by atomic mass is 10.1. The Morgan fingerprint density at radius 1 is 1.00 bits per heavy atom. The lowest BCUT2D eigenvalue weighted by Crippen LogP contribution is -2.38. The number of hydrogen-bond acceptors (Lipinski definition) is 3. The number of aromatic nitrogens is 2. The van der Waals surface area contributed by atoms with E-state index in [1.807, 2.05) is 55.5 Å². The van der Waals surface area contributed by atoms with Crippen molar-refractivity contribution in [2.45, 2.75) is 32.4 Å². The Kier molecular flexibility index (Phi) is 6.15. The summed E-state index contributed by atoms with van der Waals surface area (Å²) in [6, 6.07) is 22.9. The Morgan fingerprint density at radius 3 is 2.37 bits per heavy atom. The second kappa shape index (κ2) is 8.94. The number of nitrogens with zero attached hydrogens (tertiary/aromatic N) is 2. The van der Waals surface area contributed by atoms with Crippen molar-refractivity contribution in [2.75, 3.05) is 0 Å². The molecule has 0 saturated carbocycles. The van der Waals surface area contributed by atoms with Crippen LogP contribution in [0.1, 0.15) is 18.9 Å². The second-order valence-electron chi connectivity index (χ2n) is 6.57. The fourth-order valence-corrected chi connectivity index (χ4v) is 2.88. The van der Waals surface area contributed by atoms with E-state index >= 15 is 0 Å². The van der Waals surface area contributed by atoms with Crippen LogP contribution in [0.5, 0.6) is 0 Å². The number of benzene rings is 2. The first kappa shape index (κ1) is 18.6. The lowest BCUT2D eigenvalue weighted by molar-refractivity contribution is -0.122. The largest absolute Gasteiger partial charge is 0.352 e. The summed E-state index contributed by atoms with van der Waals surface area (Å²) in [5, 5.41) is 7.27. The van der Waals surface area contributed by atoms with Gasteiger partial charge in [-0.15, -0.1) is 0 Å². The third-order valence-electron chi connectivity index (χ3n) is 4.35. The first-order valence-electron chi connectivity index (χ1n) is 9.09. The average Bonchev–Trinajstić information content (AvgIpc) is 2.69. The molecule has 27 heavy (non-hydrogen) atoms. The molecule has 5 nitrogen and oxygen atoms in total. The number of amides is 1. The van der Waals surface area contributed by atoms with Gasteiger partial charge in [0.05, 0.1) is 5.69 Å². The Balaban J connectivity index is 1.59. The van der Waals surface area contributed by atoms with Crippen LogP contribution in [0.25, 0.3) is 11.3 Å². The van der Waals surface area contributed by atoms with Gasteiger partial charge in [-0.2, -0.15) is 5.10 Å². The quantitative estimate of drug-likeness (QED) is 0.703. The van der Waals surface area contributed by atoms with Crippen molar-refractivity contribution in [3.05, 3.63) is 88.7 Å². The smallest absolute Gasteiger partial charge is 0.267 e. The van der Waals surface area contributed by atoms with E-state index < -0.39 is 0 Å². The Hall–Kier alpha value is -3.21. The van der Waals surface area contributed by atoms with Crippen molar-refractivity contribution in [1.29, 1.82) is 0 Å². The van der Waals surface area contributed by atoms with Crippen LogP contribution in [0.4, 0.5) is 0 Å². The fourth-order valence-electron chi connectivity index (χ4n) is 2.88. The van der Waals surface area contributed by atoms with Gasteiger partial charge in [-0.3, -0.25) is 9.59 Å². The first-order valence-corrected chi connectivity index (χ1v) is 9.09. The van der Waals surface area contributed by atoms with Gasteiger partial charge in [0.25, 0.3) is 5.56 Å². The predicted octanol–water partition coefficient (Wildman–Crippen LogP) is 3.05. The molecule has 3 rings (SSSR count). The monoisotopic (exact) mass is 361 g/mol. The molecular formula is C22H23N3O2. The molecule has 0 saturated heterocycles. The first-order chi connectivity index (χ1) is 13.1. The summed E-state index contributed by atoms with van der Waals surface area (Å²) in [7, 11) is 0. The van der Waals surface area contributed by atoms with Gasteiger partial charge in [-0.25, -0.2) is 4.68 Å². The van der Waals surface area contributed by atoms with E-state index in [4.69, 9.17) is 0 Å². The van der Waals surface area contributed by atoms with E-state index in [2.05, 4.69) is 22.5 Å². The highest BCUT2D eigenvalue weighted by atomic mass is 16.2. The minimum absolute atomic E-state index is 0.0192. The summed E-state index contributed by atoms with van der Waals surface area (Å²) in [4.78, 5) is 24.4. The van der Waals surface area contributed by atoms with Gasteiger partial charge in [0.1, 0.15) is 6.54 Å². The number of rotatable bonds is 7. The zero-order chi connectivity index (χ0) is 19.1. The average molecular weight is 361 g/mol. The van der Waals surface area contributed by atoms with Gasteiger partial charge in [0.2, 0.25) is 5.91 Å².